The van der Waals surface area contributed by atoms with Crippen LogP contribution >= 0.6 is 0 Å². The Bertz CT molecular complexity index is 986. The molecule has 4 nitrogen and oxygen atoms in total. The Kier molecular flexibility index (Phi) is 3.81. The third-order valence-electron chi connectivity index (χ3n) is 4.40. The highest BCUT2D eigenvalue weighted by Gasteiger charge is 2.21. The summed E-state index contributed by atoms with van der Waals surface area (Å²) in [4.78, 5) is 23.1. The molecule has 0 aliphatic rings. The maximum absolute atomic E-state index is 11.8. The second-order valence-corrected chi connectivity index (χ2v) is 5.73. The van der Waals surface area contributed by atoms with Crippen molar-refractivity contribution >= 4 is 22.7 Å². The molecule has 0 atom stereocenters. The number of benzene rings is 3. The average Bonchev–Trinajstić information content (AvgIpc) is 2.54. The summed E-state index contributed by atoms with van der Waals surface area (Å²) < 4.78 is 0. The Morgan fingerprint density at radius 3 is 2.08 bits per heavy atom. The minimum Gasteiger partial charge on any atom is -0.478 e. The van der Waals surface area contributed by atoms with Crippen LogP contribution in [0, 0.1) is 13.8 Å². The molecule has 3 aromatic carbocycles. The first-order chi connectivity index (χ1) is 11.4. The third kappa shape index (κ3) is 2.42. The Labute approximate surface area is 139 Å². The second-order valence-electron chi connectivity index (χ2n) is 5.73. The molecule has 0 saturated heterocycles. The van der Waals surface area contributed by atoms with E-state index in [1.807, 2.05) is 43.3 Å². The molecule has 0 aliphatic carbocycles. The van der Waals surface area contributed by atoms with E-state index >= 15 is 0 Å². The molecule has 0 bridgehead atoms. The molecule has 120 valence electrons. The average molecular weight is 320 g/mol. The van der Waals surface area contributed by atoms with E-state index < -0.39 is 11.9 Å². The van der Waals surface area contributed by atoms with Crippen LogP contribution in [0.2, 0.25) is 0 Å². The summed E-state index contributed by atoms with van der Waals surface area (Å²) in [5, 5.41) is 21.0. The van der Waals surface area contributed by atoms with Crippen LogP contribution in [0.5, 0.6) is 0 Å². The zero-order valence-corrected chi connectivity index (χ0v) is 13.3. The fraction of sp³-hybridized carbons (Fsp3) is 0.100. The Morgan fingerprint density at radius 2 is 1.42 bits per heavy atom. The molecular weight excluding hydrogens is 304 g/mol. The predicted octanol–water partition coefficient (Wildman–Crippen LogP) is 4.52. The number of hydrogen-bond acceptors (Lipinski definition) is 2. The van der Waals surface area contributed by atoms with Crippen LogP contribution in [0.3, 0.4) is 0 Å². The van der Waals surface area contributed by atoms with Gasteiger partial charge in [-0.05, 0) is 52.9 Å². The molecular formula is C20H16O4. The van der Waals surface area contributed by atoms with Gasteiger partial charge in [-0.15, -0.1) is 0 Å². The van der Waals surface area contributed by atoms with Crippen LogP contribution in [0.4, 0.5) is 0 Å². The van der Waals surface area contributed by atoms with E-state index in [1.54, 1.807) is 6.07 Å². The van der Waals surface area contributed by atoms with Crippen LogP contribution in [-0.4, -0.2) is 22.2 Å². The first-order valence-corrected chi connectivity index (χ1v) is 7.50. The van der Waals surface area contributed by atoms with Crippen LogP contribution in [-0.2, 0) is 0 Å². The first kappa shape index (κ1) is 15.7. The molecule has 3 rings (SSSR count). The van der Waals surface area contributed by atoms with Gasteiger partial charge in [-0.25, -0.2) is 9.59 Å². The molecule has 0 saturated carbocycles. The quantitative estimate of drug-likeness (QED) is 0.744. The molecule has 0 heterocycles. The smallest absolute Gasteiger partial charge is 0.336 e. The van der Waals surface area contributed by atoms with Gasteiger partial charge in [0.05, 0.1) is 11.1 Å². The van der Waals surface area contributed by atoms with Gasteiger partial charge in [-0.3, -0.25) is 0 Å². The van der Waals surface area contributed by atoms with Gasteiger partial charge in [0.2, 0.25) is 0 Å². The topological polar surface area (TPSA) is 74.6 Å². The minimum absolute atomic E-state index is 0.00888. The molecule has 0 radical (unpaired) electrons. The van der Waals surface area contributed by atoms with E-state index in [-0.39, 0.29) is 16.7 Å². The highest BCUT2D eigenvalue weighted by molar-refractivity contribution is 6.03. The van der Waals surface area contributed by atoms with Gasteiger partial charge in [0.25, 0.3) is 0 Å². The Morgan fingerprint density at radius 1 is 0.750 bits per heavy atom. The lowest BCUT2D eigenvalue weighted by atomic mass is 9.89. The van der Waals surface area contributed by atoms with E-state index in [2.05, 4.69) is 0 Å². The Balaban J connectivity index is 2.34. The fourth-order valence-electron chi connectivity index (χ4n) is 3.16. The molecule has 4 heteroatoms. The molecule has 2 N–H and O–H groups in total. The van der Waals surface area contributed by atoms with E-state index in [1.165, 1.54) is 13.0 Å². The fourth-order valence-corrected chi connectivity index (χ4v) is 3.16. The summed E-state index contributed by atoms with van der Waals surface area (Å²) >= 11 is 0. The maximum Gasteiger partial charge on any atom is 0.336 e. The summed E-state index contributed by atoms with van der Waals surface area (Å²) in [5.41, 5.74) is 2.61. The number of carbonyl (C=O) groups is 2. The van der Waals surface area contributed by atoms with Crippen LogP contribution < -0.4 is 0 Å². The van der Waals surface area contributed by atoms with E-state index in [0.29, 0.717) is 5.56 Å². The van der Waals surface area contributed by atoms with Gasteiger partial charge in [-0.1, -0.05) is 42.5 Å². The number of carboxylic acids is 2. The largest absolute Gasteiger partial charge is 0.478 e. The lowest BCUT2D eigenvalue weighted by Gasteiger charge is -2.15. The third-order valence-corrected chi connectivity index (χ3v) is 4.40. The van der Waals surface area contributed by atoms with Crippen molar-refractivity contribution in [1.29, 1.82) is 0 Å². The molecule has 0 amide bonds. The first-order valence-electron chi connectivity index (χ1n) is 7.50. The van der Waals surface area contributed by atoms with Crippen LogP contribution in [0.25, 0.3) is 21.9 Å². The van der Waals surface area contributed by atoms with Crippen LogP contribution in [0.1, 0.15) is 31.8 Å². The molecule has 0 fully saturated rings. The SMILES string of the molecule is Cc1c(C(=O)O)ccc(-c2ccc3ccccc3c2C)c1C(=O)O. The summed E-state index contributed by atoms with van der Waals surface area (Å²) in [6.45, 7) is 3.48. The number of rotatable bonds is 3. The summed E-state index contributed by atoms with van der Waals surface area (Å²) in [6.07, 6.45) is 0. The lowest BCUT2D eigenvalue weighted by molar-refractivity contribution is 0.0696. The van der Waals surface area contributed by atoms with Crippen molar-refractivity contribution in [3.8, 4) is 11.1 Å². The highest BCUT2D eigenvalue weighted by atomic mass is 16.4. The van der Waals surface area contributed by atoms with E-state index in [4.69, 9.17) is 0 Å². The van der Waals surface area contributed by atoms with E-state index in [9.17, 15) is 19.8 Å². The van der Waals surface area contributed by atoms with Crippen molar-refractivity contribution in [3.05, 3.63) is 70.8 Å². The van der Waals surface area contributed by atoms with Crippen molar-refractivity contribution in [2.75, 3.05) is 0 Å². The number of hydrogen-bond donors (Lipinski definition) is 2. The zero-order chi connectivity index (χ0) is 17.4. The van der Waals surface area contributed by atoms with Gasteiger partial charge in [-0.2, -0.15) is 0 Å². The highest BCUT2D eigenvalue weighted by Crippen LogP contribution is 2.34. The number of aryl methyl sites for hydroxylation is 1. The minimum atomic E-state index is -1.13. The predicted molar refractivity (Wildman–Crippen MR) is 92.8 cm³/mol. The molecule has 0 spiro atoms. The molecule has 3 aromatic rings. The summed E-state index contributed by atoms with van der Waals surface area (Å²) in [6, 6.07) is 14.8. The number of carboxylic acid groups (broad SMARTS) is 2. The van der Waals surface area contributed by atoms with E-state index in [0.717, 1.165) is 21.9 Å². The molecule has 0 aliphatic heterocycles. The lowest BCUT2D eigenvalue weighted by Crippen LogP contribution is -2.09. The van der Waals surface area contributed by atoms with Gasteiger partial charge in [0.1, 0.15) is 0 Å². The number of aromatic carboxylic acids is 2. The van der Waals surface area contributed by atoms with Crippen molar-refractivity contribution < 1.29 is 19.8 Å². The monoisotopic (exact) mass is 320 g/mol. The zero-order valence-electron chi connectivity index (χ0n) is 13.3. The van der Waals surface area contributed by atoms with Crippen LogP contribution in [0.15, 0.2) is 48.5 Å². The van der Waals surface area contributed by atoms with Gasteiger partial charge in [0, 0.05) is 0 Å². The second kappa shape index (κ2) is 5.81. The van der Waals surface area contributed by atoms with Crippen molar-refractivity contribution in [1.82, 2.24) is 0 Å². The normalized spacial score (nSPS) is 10.8. The molecule has 0 aromatic heterocycles. The number of fused-ring (bicyclic) bond motifs is 1. The van der Waals surface area contributed by atoms with Gasteiger partial charge < -0.3 is 10.2 Å². The molecule has 0 unspecified atom stereocenters. The Hall–Kier alpha value is -3.14. The van der Waals surface area contributed by atoms with Gasteiger partial charge >= 0.3 is 11.9 Å². The summed E-state index contributed by atoms with van der Waals surface area (Å²) in [5.74, 6) is -2.25. The summed E-state index contributed by atoms with van der Waals surface area (Å²) in [7, 11) is 0. The van der Waals surface area contributed by atoms with Crippen molar-refractivity contribution in [2.45, 2.75) is 13.8 Å². The maximum atomic E-state index is 11.8. The van der Waals surface area contributed by atoms with Gasteiger partial charge in [0.15, 0.2) is 0 Å². The standard InChI is InChI=1S/C20H16O4/c1-11-14-6-4-3-5-13(14)7-8-15(11)17-10-9-16(19(21)22)12(2)18(17)20(23)24/h3-10H,1-2H3,(H,21,22)(H,23,24). The van der Waals surface area contributed by atoms with Crippen molar-refractivity contribution in [3.63, 3.8) is 0 Å². The molecule has 24 heavy (non-hydrogen) atoms. The van der Waals surface area contributed by atoms with Crippen molar-refractivity contribution in [2.24, 2.45) is 0 Å².